The smallest absolute Gasteiger partial charge is 0.147 e. The molecule has 0 aliphatic heterocycles. The summed E-state index contributed by atoms with van der Waals surface area (Å²) in [6.07, 6.45) is 6.53. The summed E-state index contributed by atoms with van der Waals surface area (Å²) < 4.78 is 2.17. The van der Waals surface area contributed by atoms with Crippen LogP contribution in [-0.4, -0.2) is 21.1 Å². The van der Waals surface area contributed by atoms with Gasteiger partial charge in [-0.3, -0.25) is 0 Å². The van der Waals surface area contributed by atoms with Crippen molar-refractivity contribution in [3.63, 3.8) is 0 Å². The van der Waals surface area contributed by atoms with Crippen LogP contribution in [-0.2, 0) is 13.0 Å². The highest BCUT2D eigenvalue weighted by Gasteiger charge is 2.04. The van der Waals surface area contributed by atoms with E-state index in [1.165, 1.54) is 16.5 Å². The Labute approximate surface area is 111 Å². The van der Waals surface area contributed by atoms with Gasteiger partial charge < -0.3 is 10.3 Å². The summed E-state index contributed by atoms with van der Waals surface area (Å²) in [4.78, 5) is 8.53. The predicted molar refractivity (Wildman–Crippen MR) is 75.8 cm³/mol. The minimum absolute atomic E-state index is 0.675. The highest BCUT2D eigenvalue weighted by Crippen LogP contribution is 2.18. The molecule has 2 aromatic heterocycles. The SMILES string of the molecule is NCCc1ccc2ccn(Cc3ncccn3)c2c1. The number of hydrogen-bond donors (Lipinski definition) is 1. The molecule has 0 amide bonds. The second-order valence-corrected chi connectivity index (χ2v) is 4.54. The molecule has 0 fully saturated rings. The van der Waals surface area contributed by atoms with Crippen molar-refractivity contribution in [3.8, 4) is 0 Å². The molecule has 0 radical (unpaired) electrons. The van der Waals surface area contributed by atoms with Crippen molar-refractivity contribution in [2.75, 3.05) is 6.54 Å². The third kappa shape index (κ3) is 2.48. The zero-order valence-corrected chi connectivity index (χ0v) is 10.7. The Kier molecular flexibility index (Phi) is 3.25. The molecule has 0 saturated carbocycles. The Bertz CT molecular complexity index is 673. The van der Waals surface area contributed by atoms with Crippen LogP contribution in [0.5, 0.6) is 0 Å². The topological polar surface area (TPSA) is 56.7 Å². The maximum Gasteiger partial charge on any atom is 0.147 e. The van der Waals surface area contributed by atoms with Gasteiger partial charge in [-0.25, -0.2) is 9.97 Å². The molecule has 96 valence electrons. The molecule has 2 heterocycles. The largest absolute Gasteiger partial charge is 0.340 e. The number of nitrogens with zero attached hydrogens (tertiary/aromatic N) is 3. The van der Waals surface area contributed by atoms with E-state index in [9.17, 15) is 0 Å². The first-order chi connectivity index (χ1) is 9.36. The van der Waals surface area contributed by atoms with Gasteiger partial charge >= 0.3 is 0 Å². The van der Waals surface area contributed by atoms with E-state index in [-0.39, 0.29) is 0 Å². The maximum absolute atomic E-state index is 5.61. The first kappa shape index (κ1) is 11.9. The standard InChI is InChI=1S/C15H16N4/c16-6-4-12-2-3-13-5-9-19(14(13)10-12)11-15-17-7-1-8-18-15/h1-3,5,7-10H,4,6,11,16H2. The van der Waals surface area contributed by atoms with Gasteiger partial charge in [-0.1, -0.05) is 12.1 Å². The fourth-order valence-electron chi connectivity index (χ4n) is 2.25. The fraction of sp³-hybridized carbons (Fsp3) is 0.200. The Morgan fingerprint density at radius 2 is 1.95 bits per heavy atom. The summed E-state index contributed by atoms with van der Waals surface area (Å²) in [7, 11) is 0. The van der Waals surface area contributed by atoms with E-state index in [0.717, 1.165) is 12.2 Å². The average molecular weight is 252 g/mol. The molecular formula is C15H16N4. The number of benzene rings is 1. The van der Waals surface area contributed by atoms with Crippen LogP contribution >= 0.6 is 0 Å². The molecule has 3 aromatic rings. The van der Waals surface area contributed by atoms with E-state index in [2.05, 4.69) is 45.0 Å². The minimum atomic E-state index is 0.675. The van der Waals surface area contributed by atoms with E-state index in [1.807, 2.05) is 6.07 Å². The van der Waals surface area contributed by atoms with Gasteiger partial charge in [0.15, 0.2) is 0 Å². The Hall–Kier alpha value is -2.20. The highest BCUT2D eigenvalue weighted by atomic mass is 15.0. The lowest BCUT2D eigenvalue weighted by Crippen LogP contribution is -2.04. The second kappa shape index (κ2) is 5.20. The maximum atomic E-state index is 5.61. The monoisotopic (exact) mass is 252 g/mol. The molecule has 0 atom stereocenters. The van der Waals surface area contributed by atoms with Gasteiger partial charge in [-0.15, -0.1) is 0 Å². The van der Waals surface area contributed by atoms with Gasteiger partial charge in [0.25, 0.3) is 0 Å². The van der Waals surface area contributed by atoms with Gasteiger partial charge in [0.05, 0.1) is 6.54 Å². The van der Waals surface area contributed by atoms with Crippen molar-refractivity contribution < 1.29 is 0 Å². The summed E-state index contributed by atoms with van der Waals surface area (Å²) >= 11 is 0. The number of nitrogens with two attached hydrogens (primary N) is 1. The molecule has 0 saturated heterocycles. The summed E-state index contributed by atoms with van der Waals surface area (Å²) in [5.74, 6) is 0.823. The number of fused-ring (bicyclic) bond motifs is 1. The van der Waals surface area contributed by atoms with Crippen molar-refractivity contribution in [1.82, 2.24) is 14.5 Å². The van der Waals surface area contributed by atoms with Crippen molar-refractivity contribution >= 4 is 10.9 Å². The second-order valence-electron chi connectivity index (χ2n) is 4.54. The van der Waals surface area contributed by atoms with Crippen LogP contribution in [0.25, 0.3) is 10.9 Å². The predicted octanol–water partition coefficient (Wildman–Crippen LogP) is 1.98. The van der Waals surface area contributed by atoms with Crippen molar-refractivity contribution in [1.29, 1.82) is 0 Å². The highest BCUT2D eigenvalue weighted by molar-refractivity contribution is 5.80. The summed E-state index contributed by atoms with van der Waals surface area (Å²) in [5.41, 5.74) is 8.09. The normalized spacial score (nSPS) is 11.0. The van der Waals surface area contributed by atoms with Crippen LogP contribution < -0.4 is 5.73 Å². The van der Waals surface area contributed by atoms with E-state index in [4.69, 9.17) is 5.73 Å². The fourth-order valence-corrected chi connectivity index (χ4v) is 2.25. The van der Waals surface area contributed by atoms with Crippen LogP contribution in [0.4, 0.5) is 0 Å². The Balaban J connectivity index is 1.97. The number of rotatable bonds is 4. The summed E-state index contributed by atoms with van der Waals surface area (Å²) in [6, 6.07) is 10.4. The van der Waals surface area contributed by atoms with E-state index >= 15 is 0 Å². The van der Waals surface area contributed by atoms with E-state index in [1.54, 1.807) is 12.4 Å². The van der Waals surface area contributed by atoms with Crippen molar-refractivity contribution in [2.24, 2.45) is 5.73 Å². The third-order valence-corrected chi connectivity index (χ3v) is 3.20. The average Bonchev–Trinajstić information content (AvgIpc) is 2.83. The molecule has 0 spiro atoms. The van der Waals surface area contributed by atoms with Gasteiger partial charge in [0.2, 0.25) is 0 Å². The zero-order valence-electron chi connectivity index (χ0n) is 10.7. The van der Waals surface area contributed by atoms with Gasteiger partial charge in [0, 0.05) is 24.1 Å². The molecule has 0 unspecified atom stereocenters. The van der Waals surface area contributed by atoms with Crippen LogP contribution in [0.1, 0.15) is 11.4 Å². The lowest BCUT2D eigenvalue weighted by molar-refractivity contribution is 0.770. The van der Waals surface area contributed by atoms with E-state index < -0.39 is 0 Å². The molecule has 4 heteroatoms. The van der Waals surface area contributed by atoms with Gasteiger partial charge in [0.1, 0.15) is 5.82 Å². The Morgan fingerprint density at radius 3 is 2.74 bits per heavy atom. The summed E-state index contributed by atoms with van der Waals surface area (Å²) in [6.45, 7) is 1.37. The number of aromatic nitrogens is 3. The van der Waals surface area contributed by atoms with Gasteiger partial charge in [-0.05, 0) is 42.1 Å². The molecule has 0 aliphatic rings. The van der Waals surface area contributed by atoms with E-state index in [0.29, 0.717) is 13.1 Å². The summed E-state index contributed by atoms with van der Waals surface area (Å²) in [5, 5.41) is 1.23. The molecule has 0 bridgehead atoms. The van der Waals surface area contributed by atoms with Crippen LogP contribution in [0, 0.1) is 0 Å². The molecular weight excluding hydrogens is 236 g/mol. The lowest BCUT2D eigenvalue weighted by Gasteiger charge is -2.05. The molecule has 1 aromatic carbocycles. The molecule has 0 aliphatic carbocycles. The van der Waals surface area contributed by atoms with Crippen molar-refractivity contribution in [3.05, 3.63) is 60.3 Å². The quantitative estimate of drug-likeness (QED) is 0.772. The van der Waals surface area contributed by atoms with Gasteiger partial charge in [-0.2, -0.15) is 0 Å². The molecule has 3 rings (SSSR count). The third-order valence-electron chi connectivity index (χ3n) is 3.20. The van der Waals surface area contributed by atoms with Crippen LogP contribution in [0.15, 0.2) is 48.9 Å². The van der Waals surface area contributed by atoms with Crippen LogP contribution in [0.3, 0.4) is 0 Å². The molecule has 19 heavy (non-hydrogen) atoms. The lowest BCUT2D eigenvalue weighted by atomic mass is 10.1. The Morgan fingerprint density at radius 1 is 1.11 bits per heavy atom. The first-order valence-corrected chi connectivity index (χ1v) is 6.40. The first-order valence-electron chi connectivity index (χ1n) is 6.40. The van der Waals surface area contributed by atoms with Crippen molar-refractivity contribution in [2.45, 2.75) is 13.0 Å². The molecule has 4 nitrogen and oxygen atoms in total. The zero-order chi connectivity index (χ0) is 13.1. The number of hydrogen-bond acceptors (Lipinski definition) is 3. The van der Waals surface area contributed by atoms with Crippen LogP contribution in [0.2, 0.25) is 0 Å². The molecule has 2 N–H and O–H groups in total. The minimum Gasteiger partial charge on any atom is -0.340 e.